The van der Waals surface area contributed by atoms with Gasteiger partial charge in [-0.05, 0) is 129 Å². The molecular formula is C42H58FNO6. The Hall–Kier alpha value is -3.03. The maximum Gasteiger partial charge on any atom is 0.309 e. The van der Waals surface area contributed by atoms with Crippen LogP contribution in [-0.2, 0) is 19.1 Å². The normalized spacial score (nSPS) is 37.7. The lowest BCUT2D eigenvalue weighted by Gasteiger charge is -2.70. The topological polar surface area (TPSA) is 110 Å². The molecule has 5 aliphatic rings. The van der Waals surface area contributed by atoms with E-state index < -0.39 is 28.7 Å². The van der Waals surface area contributed by atoms with Gasteiger partial charge in [-0.15, -0.1) is 0 Å². The van der Waals surface area contributed by atoms with Crippen molar-refractivity contribution in [2.45, 2.75) is 138 Å². The minimum atomic E-state index is -1.18. The predicted molar refractivity (Wildman–Crippen MR) is 190 cm³/mol. The third-order valence-electron chi connectivity index (χ3n) is 15.2. The molecule has 0 saturated heterocycles. The number of benzene rings is 1. The lowest BCUT2D eigenvalue weighted by atomic mass is 9.34. The first-order valence-corrected chi connectivity index (χ1v) is 18.9. The van der Waals surface area contributed by atoms with Crippen molar-refractivity contribution in [3.05, 3.63) is 46.8 Å². The monoisotopic (exact) mass is 691 g/mol. The number of ether oxygens (including phenoxy) is 1. The predicted octanol–water partition coefficient (Wildman–Crippen LogP) is 8.70. The van der Waals surface area contributed by atoms with E-state index in [0.29, 0.717) is 30.2 Å². The molecule has 7 nitrogen and oxygen atoms in total. The van der Waals surface area contributed by atoms with Crippen molar-refractivity contribution in [3.63, 3.8) is 0 Å². The van der Waals surface area contributed by atoms with Gasteiger partial charge in [-0.1, -0.05) is 54.0 Å². The first kappa shape index (κ1) is 36.8. The number of nitrogens with one attached hydrogen (secondary N) is 1. The summed E-state index contributed by atoms with van der Waals surface area (Å²) in [6.07, 6.45) is 7.07. The molecule has 4 fully saturated rings. The number of ketones is 1. The van der Waals surface area contributed by atoms with E-state index >= 15 is 0 Å². The lowest BCUT2D eigenvalue weighted by Crippen LogP contribution is -2.65. The Labute approximate surface area is 297 Å². The number of halogens is 1. The lowest BCUT2D eigenvalue weighted by molar-refractivity contribution is -0.214. The largest absolute Gasteiger partial charge is 0.481 e. The Morgan fingerprint density at radius 1 is 0.960 bits per heavy atom. The number of aliphatic carboxylic acids is 1. The van der Waals surface area contributed by atoms with Crippen molar-refractivity contribution in [1.82, 2.24) is 5.32 Å². The zero-order valence-electron chi connectivity index (χ0n) is 31.6. The number of carboxylic acid groups (broad SMARTS) is 1. The molecule has 6 rings (SSSR count). The molecule has 1 unspecified atom stereocenters. The Bertz CT molecular complexity index is 1630. The average molecular weight is 692 g/mol. The highest BCUT2D eigenvalue weighted by atomic mass is 19.1. The minimum Gasteiger partial charge on any atom is -0.481 e. The third-order valence-corrected chi connectivity index (χ3v) is 15.2. The molecule has 8 atom stereocenters. The fraction of sp³-hybridized carbons (Fsp3) is 0.714. The van der Waals surface area contributed by atoms with E-state index in [1.807, 2.05) is 0 Å². The number of esters is 1. The molecule has 0 spiro atoms. The Balaban J connectivity index is 1.33. The van der Waals surface area contributed by atoms with Gasteiger partial charge < -0.3 is 15.2 Å². The Kier molecular flexibility index (Phi) is 8.83. The van der Waals surface area contributed by atoms with Gasteiger partial charge in [0.05, 0.1) is 17.4 Å². The van der Waals surface area contributed by atoms with Gasteiger partial charge >= 0.3 is 11.9 Å². The molecular weight excluding hydrogens is 633 g/mol. The van der Waals surface area contributed by atoms with Gasteiger partial charge in [0.2, 0.25) is 0 Å². The highest BCUT2D eigenvalue weighted by Gasteiger charge is 2.69. The van der Waals surface area contributed by atoms with E-state index in [9.17, 15) is 28.7 Å². The third kappa shape index (κ3) is 5.39. The summed E-state index contributed by atoms with van der Waals surface area (Å²) < 4.78 is 19.8. The molecule has 1 amide bonds. The number of hydrogen-bond acceptors (Lipinski definition) is 5. The molecule has 2 N–H and O–H groups in total. The second kappa shape index (κ2) is 12.0. The summed E-state index contributed by atoms with van der Waals surface area (Å²) in [5.74, 6) is -1.26. The molecule has 5 aliphatic carbocycles. The van der Waals surface area contributed by atoms with Crippen molar-refractivity contribution in [2.24, 2.45) is 50.7 Å². The van der Waals surface area contributed by atoms with E-state index in [4.69, 9.17) is 4.74 Å². The van der Waals surface area contributed by atoms with Gasteiger partial charge in [0.1, 0.15) is 17.7 Å². The zero-order valence-corrected chi connectivity index (χ0v) is 31.6. The number of rotatable bonds is 7. The number of amides is 1. The maximum absolute atomic E-state index is 13.9. The number of hydrogen-bond donors (Lipinski definition) is 2. The minimum absolute atomic E-state index is 0.0211. The Morgan fingerprint density at radius 2 is 1.62 bits per heavy atom. The molecule has 8 heteroatoms. The van der Waals surface area contributed by atoms with Crippen LogP contribution < -0.4 is 5.32 Å². The van der Waals surface area contributed by atoms with Crippen molar-refractivity contribution in [3.8, 4) is 0 Å². The number of Topliss-reactive ketones (excluding diaryl/α,β-unsaturated/α-hetero) is 1. The summed E-state index contributed by atoms with van der Waals surface area (Å²) in [5.41, 5.74) is 0.620. The molecule has 0 aromatic heterocycles. The van der Waals surface area contributed by atoms with Gasteiger partial charge in [-0.2, -0.15) is 0 Å². The first-order valence-electron chi connectivity index (χ1n) is 18.9. The summed E-state index contributed by atoms with van der Waals surface area (Å²) in [6.45, 7) is 19.3. The van der Waals surface area contributed by atoms with Crippen molar-refractivity contribution < 1.29 is 33.4 Å². The Morgan fingerprint density at radius 3 is 2.24 bits per heavy atom. The van der Waals surface area contributed by atoms with Crippen LogP contribution in [0.5, 0.6) is 0 Å². The number of fused-ring (bicyclic) bond motifs is 6. The van der Waals surface area contributed by atoms with Crippen LogP contribution in [0.15, 0.2) is 35.4 Å². The molecule has 50 heavy (non-hydrogen) atoms. The molecule has 0 aliphatic heterocycles. The smallest absolute Gasteiger partial charge is 0.309 e. The molecule has 0 heterocycles. The summed E-state index contributed by atoms with van der Waals surface area (Å²) in [4.78, 5) is 52.4. The number of carbonyl (C=O) groups is 4. The van der Waals surface area contributed by atoms with Crippen LogP contribution in [0.2, 0.25) is 0 Å². The SMILES string of the molecule is CC(C)C1C(=O)C[C@]2(NC(=O)c3ccc(F)cc3)CC[C@]3(C)C(=C12)CC[C@@H]1[C@@]2(C)CC[C@H](OC(=O)CC(C)(C)C(=O)O)C(C)(C)[C@@H]2CC[C@]13C. The van der Waals surface area contributed by atoms with Gasteiger partial charge in [0.15, 0.2) is 0 Å². The molecule has 1 aromatic rings. The van der Waals surface area contributed by atoms with E-state index in [1.54, 1.807) is 13.8 Å². The average Bonchev–Trinajstić information content (AvgIpc) is 3.30. The summed E-state index contributed by atoms with van der Waals surface area (Å²) in [7, 11) is 0. The molecule has 0 radical (unpaired) electrons. The highest BCUT2D eigenvalue weighted by molar-refractivity contribution is 5.98. The molecule has 274 valence electrons. The van der Waals surface area contributed by atoms with Crippen molar-refractivity contribution in [2.75, 3.05) is 0 Å². The molecule has 4 saturated carbocycles. The number of carbonyl (C=O) groups excluding carboxylic acids is 3. The van der Waals surface area contributed by atoms with Gasteiger partial charge in [-0.3, -0.25) is 19.2 Å². The van der Waals surface area contributed by atoms with Gasteiger partial charge in [0.25, 0.3) is 5.91 Å². The van der Waals surface area contributed by atoms with Crippen LogP contribution in [0.25, 0.3) is 0 Å². The fourth-order valence-corrected chi connectivity index (χ4v) is 12.4. The second-order valence-corrected chi connectivity index (χ2v) is 18.9. The van der Waals surface area contributed by atoms with Crippen LogP contribution in [0.4, 0.5) is 4.39 Å². The molecule has 1 aromatic carbocycles. The first-order chi connectivity index (χ1) is 23.1. The molecule has 0 bridgehead atoms. The van der Waals surface area contributed by atoms with Crippen LogP contribution in [0, 0.1) is 56.6 Å². The van der Waals surface area contributed by atoms with Gasteiger partial charge in [-0.25, -0.2) is 4.39 Å². The van der Waals surface area contributed by atoms with Crippen LogP contribution in [-0.4, -0.2) is 40.4 Å². The summed E-state index contributed by atoms with van der Waals surface area (Å²) in [5, 5.41) is 12.9. The zero-order chi connectivity index (χ0) is 36.8. The number of allylic oxidation sites excluding steroid dienone is 1. The van der Waals surface area contributed by atoms with E-state index in [2.05, 4.69) is 53.8 Å². The quantitative estimate of drug-likeness (QED) is 0.219. The fourth-order valence-electron chi connectivity index (χ4n) is 12.4. The summed E-state index contributed by atoms with van der Waals surface area (Å²) in [6, 6.07) is 5.63. The van der Waals surface area contributed by atoms with Crippen molar-refractivity contribution in [1.29, 1.82) is 0 Å². The standard InChI is InChI=1S/C42H58FNO6/c1-24(2)33-28(45)22-42(44-35(47)25-10-12-26(43)13-11-25)21-20-40(8)27(34(33)42)14-15-30-39(7)18-17-31(50-32(46)23-37(3,4)36(48)49)38(5,6)29(39)16-19-41(30,40)9/h10-13,24,29-31,33H,14-23H2,1-9H3,(H,44,47)(H,48,49)/t29-,30+,31-,33?,39-,40+,41+,42+/m0/s1. The van der Waals surface area contributed by atoms with Crippen molar-refractivity contribution >= 4 is 23.6 Å². The van der Waals surface area contributed by atoms with Gasteiger partial charge in [0, 0.05) is 23.3 Å². The van der Waals surface area contributed by atoms with Crippen LogP contribution in [0.1, 0.15) is 137 Å². The maximum atomic E-state index is 13.9. The number of carboxylic acids is 1. The summed E-state index contributed by atoms with van der Waals surface area (Å²) >= 11 is 0. The van der Waals surface area contributed by atoms with E-state index in [0.717, 1.165) is 50.5 Å². The van der Waals surface area contributed by atoms with Crippen LogP contribution >= 0.6 is 0 Å². The van der Waals surface area contributed by atoms with E-state index in [1.165, 1.54) is 29.8 Å². The van der Waals surface area contributed by atoms with Crippen LogP contribution in [0.3, 0.4) is 0 Å². The van der Waals surface area contributed by atoms with E-state index in [-0.39, 0.29) is 57.7 Å². The second-order valence-electron chi connectivity index (χ2n) is 18.9. The highest BCUT2D eigenvalue weighted by Crippen LogP contribution is 2.75.